The first-order valence-electron chi connectivity index (χ1n) is 5.13. The van der Waals surface area contributed by atoms with Gasteiger partial charge >= 0.3 is 5.97 Å². The molecule has 2 atom stereocenters. The average molecular weight is 185 g/mol. The van der Waals surface area contributed by atoms with Crippen LogP contribution in [-0.2, 0) is 9.53 Å². The van der Waals surface area contributed by atoms with Crippen LogP contribution in [0.1, 0.15) is 39.0 Å². The van der Waals surface area contributed by atoms with Crippen LogP contribution in [-0.4, -0.2) is 18.6 Å². The van der Waals surface area contributed by atoms with Crippen molar-refractivity contribution in [1.82, 2.24) is 0 Å². The molecule has 13 heavy (non-hydrogen) atoms. The zero-order valence-corrected chi connectivity index (χ0v) is 8.29. The summed E-state index contributed by atoms with van der Waals surface area (Å²) < 4.78 is 5.33. The number of esters is 1. The molecule has 0 bridgehead atoms. The van der Waals surface area contributed by atoms with E-state index in [1.54, 1.807) is 0 Å². The number of nitrogens with two attached hydrogens (primary N) is 1. The second-order valence-corrected chi connectivity index (χ2v) is 3.83. The van der Waals surface area contributed by atoms with Crippen LogP contribution in [0.25, 0.3) is 0 Å². The van der Waals surface area contributed by atoms with Gasteiger partial charge < -0.3 is 10.5 Å². The molecule has 3 nitrogen and oxygen atoms in total. The summed E-state index contributed by atoms with van der Waals surface area (Å²) in [6, 6.07) is 0. The van der Waals surface area contributed by atoms with Crippen molar-refractivity contribution in [2.45, 2.75) is 45.1 Å². The first kappa shape index (κ1) is 10.5. The maximum Gasteiger partial charge on any atom is 0.307 e. The van der Waals surface area contributed by atoms with Gasteiger partial charge in [0.05, 0.1) is 6.42 Å². The molecule has 0 heterocycles. The molecule has 0 aliphatic heterocycles. The van der Waals surface area contributed by atoms with Crippen molar-refractivity contribution < 1.29 is 9.53 Å². The largest absolute Gasteiger partial charge is 0.462 e. The molecule has 2 N–H and O–H groups in total. The molecule has 0 radical (unpaired) electrons. The summed E-state index contributed by atoms with van der Waals surface area (Å²) in [4.78, 5) is 11.2. The number of hydrogen-bond acceptors (Lipinski definition) is 3. The molecule has 1 fully saturated rings. The summed E-state index contributed by atoms with van der Waals surface area (Å²) in [5.74, 6) is 0.386. The molecule has 0 spiro atoms. The Bertz CT molecular complexity index is 170. The van der Waals surface area contributed by atoms with Crippen molar-refractivity contribution in [3.05, 3.63) is 0 Å². The van der Waals surface area contributed by atoms with Crippen molar-refractivity contribution in [3.63, 3.8) is 0 Å². The Labute approximate surface area is 79.6 Å². The first-order chi connectivity index (χ1) is 6.24. The lowest BCUT2D eigenvalue weighted by atomic mass is 9.88. The molecule has 0 saturated heterocycles. The van der Waals surface area contributed by atoms with Gasteiger partial charge in [-0.1, -0.05) is 13.3 Å². The van der Waals surface area contributed by atoms with Gasteiger partial charge in [0.25, 0.3) is 0 Å². The van der Waals surface area contributed by atoms with Crippen molar-refractivity contribution in [2.75, 3.05) is 6.54 Å². The van der Waals surface area contributed by atoms with E-state index in [-0.39, 0.29) is 12.1 Å². The van der Waals surface area contributed by atoms with Gasteiger partial charge in [0.15, 0.2) is 0 Å². The summed E-state index contributed by atoms with van der Waals surface area (Å²) in [6.07, 6.45) is 5.16. The smallest absolute Gasteiger partial charge is 0.307 e. The summed E-state index contributed by atoms with van der Waals surface area (Å²) in [6.45, 7) is 2.54. The van der Waals surface area contributed by atoms with Crippen LogP contribution in [0.4, 0.5) is 0 Å². The molecule has 76 valence electrons. The van der Waals surface area contributed by atoms with Gasteiger partial charge in [-0.2, -0.15) is 0 Å². The van der Waals surface area contributed by atoms with E-state index in [1.165, 1.54) is 19.3 Å². The Morgan fingerprint density at radius 1 is 1.46 bits per heavy atom. The van der Waals surface area contributed by atoms with Gasteiger partial charge in [-0.05, 0) is 25.2 Å². The third-order valence-corrected chi connectivity index (χ3v) is 2.66. The van der Waals surface area contributed by atoms with Crippen LogP contribution in [0.3, 0.4) is 0 Å². The van der Waals surface area contributed by atoms with E-state index in [1.807, 2.05) is 0 Å². The highest BCUT2D eigenvalue weighted by Crippen LogP contribution is 2.26. The van der Waals surface area contributed by atoms with Crippen LogP contribution in [0.5, 0.6) is 0 Å². The molecular formula is C10H19NO2. The number of hydrogen-bond donors (Lipinski definition) is 1. The van der Waals surface area contributed by atoms with Crippen molar-refractivity contribution in [2.24, 2.45) is 11.7 Å². The van der Waals surface area contributed by atoms with Gasteiger partial charge in [0, 0.05) is 6.54 Å². The molecule has 1 saturated carbocycles. The minimum absolute atomic E-state index is 0.138. The molecule has 2 unspecified atom stereocenters. The topological polar surface area (TPSA) is 52.3 Å². The summed E-state index contributed by atoms with van der Waals surface area (Å²) in [5.41, 5.74) is 5.27. The standard InChI is InChI=1S/C10H19NO2/c1-8-4-2-3-5-9(8)13-10(12)6-7-11/h8-9H,2-7,11H2,1H3. The van der Waals surface area contributed by atoms with Gasteiger partial charge in [-0.3, -0.25) is 4.79 Å². The second kappa shape index (κ2) is 5.22. The zero-order chi connectivity index (χ0) is 9.68. The van der Waals surface area contributed by atoms with Crippen LogP contribution in [0.15, 0.2) is 0 Å². The van der Waals surface area contributed by atoms with Gasteiger partial charge in [0.2, 0.25) is 0 Å². The summed E-state index contributed by atoms with van der Waals surface area (Å²) >= 11 is 0. The highest BCUT2D eigenvalue weighted by molar-refractivity contribution is 5.69. The molecule has 1 aliphatic carbocycles. The van der Waals surface area contributed by atoms with Crippen molar-refractivity contribution in [3.8, 4) is 0 Å². The minimum atomic E-state index is -0.138. The van der Waals surface area contributed by atoms with E-state index in [0.29, 0.717) is 18.9 Å². The summed E-state index contributed by atoms with van der Waals surface area (Å²) in [7, 11) is 0. The van der Waals surface area contributed by atoms with E-state index >= 15 is 0 Å². The normalized spacial score (nSPS) is 28.5. The van der Waals surface area contributed by atoms with Crippen LogP contribution in [0, 0.1) is 5.92 Å². The molecule has 0 aromatic heterocycles. The quantitative estimate of drug-likeness (QED) is 0.677. The van der Waals surface area contributed by atoms with Crippen LogP contribution < -0.4 is 5.73 Å². The SMILES string of the molecule is CC1CCCCC1OC(=O)CCN. The Balaban J connectivity index is 2.29. The fourth-order valence-electron chi connectivity index (χ4n) is 1.80. The lowest BCUT2D eigenvalue weighted by Crippen LogP contribution is -2.28. The number of ether oxygens (including phenoxy) is 1. The summed E-state index contributed by atoms with van der Waals surface area (Å²) in [5, 5.41) is 0. The highest BCUT2D eigenvalue weighted by atomic mass is 16.5. The Morgan fingerprint density at radius 3 is 2.77 bits per heavy atom. The minimum Gasteiger partial charge on any atom is -0.462 e. The van der Waals surface area contributed by atoms with Gasteiger partial charge in [-0.25, -0.2) is 0 Å². The maximum atomic E-state index is 11.2. The van der Waals surface area contributed by atoms with Gasteiger partial charge in [0.1, 0.15) is 6.10 Å². The number of carbonyl (C=O) groups is 1. The Morgan fingerprint density at radius 2 is 2.15 bits per heavy atom. The van der Waals surface area contributed by atoms with Crippen LogP contribution >= 0.6 is 0 Å². The first-order valence-corrected chi connectivity index (χ1v) is 5.13. The van der Waals surface area contributed by atoms with E-state index in [9.17, 15) is 4.79 Å². The fraction of sp³-hybridized carbons (Fsp3) is 0.900. The molecule has 1 aliphatic rings. The molecule has 3 heteroatoms. The second-order valence-electron chi connectivity index (χ2n) is 3.83. The van der Waals surface area contributed by atoms with Crippen molar-refractivity contribution in [1.29, 1.82) is 0 Å². The third kappa shape index (κ3) is 3.35. The van der Waals surface area contributed by atoms with E-state index in [2.05, 4.69) is 6.92 Å². The van der Waals surface area contributed by atoms with Crippen LogP contribution in [0.2, 0.25) is 0 Å². The van der Waals surface area contributed by atoms with E-state index in [4.69, 9.17) is 10.5 Å². The molecular weight excluding hydrogens is 166 g/mol. The lowest BCUT2D eigenvalue weighted by Gasteiger charge is -2.28. The predicted molar refractivity (Wildman–Crippen MR) is 51.2 cm³/mol. The predicted octanol–water partition coefficient (Wildman–Crippen LogP) is 1.46. The zero-order valence-electron chi connectivity index (χ0n) is 8.29. The Kier molecular flexibility index (Phi) is 4.22. The van der Waals surface area contributed by atoms with E-state index < -0.39 is 0 Å². The average Bonchev–Trinajstić information content (AvgIpc) is 2.09. The molecule has 1 rings (SSSR count). The van der Waals surface area contributed by atoms with Crippen molar-refractivity contribution >= 4 is 5.97 Å². The maximum absolute atomic E-state index is 11.2. The Hall–Kier alpha value is -0.570. The van der Waals surface area contributed by atoms with Gasteiger partial charge in [-0.15, -0.1) is 0 Å². The lowest BCUT2D eigenvalue weighted by molar-refractivity contribution is -0.152. The number of carbonyl (C=O) groups excluding carboxylic acids is 1. The number of rotatable bonds is 3. The molecule has 0 amide bonds. The molecule has 0 aromatic rings. The monoisotopic (exact) mass is 185 g/mol. The fourth-order valence-corrected chi connectivity index (χ4v) is 1.80. The van der Waals surface area contributed by atoms with E-state index in [0.717, 1.165) is 6.42 Å². The third-order valence-electron chi connectivity index (χ3n) is 2.66. The molecule has 0 aromatic carbocycles. The highest BCUT2D eigenvalue weighted by Gasteiger charge is 2.24.